The number of carboxylic acid groups (broad SMARTS) is 1. The molecule has 7 atom stereocenters. The van der Waals surface area contributed by atoms with Gasteiger partial charge in [-0.3, -0.25) is 9.59 Å². The molecule has 4 aliphatic carbocycles. The predicted octanol–water partition coefficient (Wildman–Crippen LogP) is 2.20. The number of hydrogen-bond donors (Lipinski definition) is 4. The Kier molecular flexibility index (Phi) is 6.87. The van der Waals surface area contributed by atoms with E-state index in [1.165, 1.54) is 12.5 Å². The van der Waals surface area contributed by atoms with Crippen LogP contribution in [0.1, 0.15) is 72.1 Å². The van der Waals surface area contributed by atoms with Crippen LogP contribution in [0.2, 0.25) is 0 Å². The van der Waals surface area contributed by atoms with E-state index in [2.05, 4.69) is 30.4 Å². The minimum Gasteiger partial charge on any atom is -0.480 e. The highest BCUT2D eigenvalue weighted by Gasteiger charge is 2.65. The van der Waals surface area contributed by atoms with Crippen molar-refractivity contribution in [3.8, 4) is 0 Å². The third-order valence-electron chi connectivity index (χ3n) is 9.90. The molecule has 0 aromatic heterocycles. The Balaban J connectivity index is 1.43. The Morgan fingerprint density at radius 2 is 1.86 bits per heavy atom. The van der Waals surface area contributed by atoms with Crippen molar-refractivity contribution in [2.75, 3.05) is 13.2 Å². The number of amides is 1. The van der Waals surface area contributed by atoms with Gasteiger partial charge in [-0.15, -0.1) is 0 Å². The van der Waals surface area contributed by atoms with Gasteiger partial charge in [-0.05, 0) is 87.5 Å². The molecular formula is C26H38N2O7. The molecule has 4 rings (SSSR count). The lowest BCUT2D eigenvalue weighted by Gasteiger charge is -2.59. The zero-order valence-corrected chi connectivity index (χ0v) is 20.9. The molecule has 35 heavy (non-hydrogen) atoms. The van der Waals surface area contributed by atoms with E-state index in [1.807, 2.05) is 0 Å². The van der Waals surface area contributed by atoms with Gasteiger partial charge in [-0.1, -0.05) is 24.6 Å². The van der Waals surface area contributed by atoms with Crippen LogP contribution in [0.4, 0.5) is 0 Å². The molecule has 0 saturated heterocycles. The number of carboxylic acids is 1. The molecule has 3 fully saturated rings. The number of oxime groups is 1. The maximum absolute atomic E-state index is 12.4. The molecule has 4 aliphatic rings. The van der Waals surface area contributed by atoms with E-state index in [9.17, 15) is 19.5 Å². The van der Waals surface area contributed by atoms with Gasteiger partial charge in [-0.2, -0.15) is 0 Å². The Hall–Kier alpha value is -2.26. The van der Waals surface area contributed by atoms with Gasteiger partial charge in [0, 0.05) is 5.41 Å². The van der Waals surface area contributed by atoms with Crippen LogP contribution < -0.4 is 5.32 Å². The summed E-state index contributed by atoms with van der Waals surface area (Å²) in [7, 11) is 0. The molecule has 9 nitrogen and oxygen atoms in total. The monoisotopic (exact) mass is 490 g/mol. The van der Waals surface area contributed by atoms with Gasteiger partial charge >= 0.3 is 5.97 Å². The van der Waals surface area contributed by atoms with Crippen LogP contribution in [-0.2, 0) is 19.2 Å². The molecule has 0 aliphatic heterocycles. The standard InChI is InChI=1S/C26H38N2O7/c1-15(30)26(34)11-8-20-18-5-4-16-12-17(28-35-14-22(31)27-21(13-29)23(32)33)6-9-24(16,2)19(18)7-10-25(20,26)3/h12,18-21,29,34H,4-11,13-14H2,1-3H3,(H,27,31)(H,32,33)/b28-17+/t18-,19+,20+,21?,24+,25+,26+/m1/s1. The van der Waals surface area contributed by atoms with Gasteiger partial charge in [0.2, 0.25) is 0 Å². The van der Waals surface area contributed by atoms with Crippen molar-refractivity contribution in [2.24, 2.45) is 33.7 Å². The van der Waals surface area contributed by atoms with Crippen molar-refractivity contribution in [3.63, 3.8) is 0 Å². The number of nitrogens with one attached hydrogen (secondary N) is 1. The maximum atomic E-state index is 12.4. The molecule has 194 valence electrons. The molecule has 1 unspecified atom stereocenters. The fourth-order valence-corrected chi connectivity index (χ4v) is 7.83. The van der Waals surface area contributed by atoms with E-state index in [0.29, 0.717) is 24.2 Å². The molecule has 0 aromatic rings. The van der Waals surface area contributed by atoms with Crippen LogP contribution in [-0.4, -0.2) is 63.5 Å². The highest BCUT2D eigenvalue weighted by atomic mass is 16.6. The van der Waals surface area contributed by atoms with Gasteiger partial charge in [0.25, 0.3) is 5.91 Å². The summed E-state index contributed by atoms with van der Waals surface area (Å²) in [5.74, 6) is -0.696. The summed E-state index contributed by atoms with van der Waals surface area (Å²) in [5, 5.41) is 35.5. The predicted molar refractivity (Wildman–Crippen MR) is 127 cm³/mol. The highest BCUT2D eigenvalue weighted by molar-refractivity contribution is 5.96. The number of rotatable bonds is 7. The number of carbonyl (C=O) groups excluding carboxylic acids is 2. The van der Waals surface area contributed by atoms with E-state index in [4.69, 9.17) is 15.1 Å². The zero-order valence-electron chi connectivity index (χ0n) is 20.9. The molecule has 0 heterocycles. The number of allylic oxidation sites excluding steroid dienone is 2. The Morgan fingerprint density at radius 1 is 1.14 bits per heavy atom. The first kappa shape index (κ1) is 25.8. The van der Waals surface area contributed by atoms with E-state index in [1.54, 1.807) is 0 Å². The minimum atomic E-state index is -1.37. The van der Waals surface area contributed by atoms with Crippen molar-refractivity contribution in [2.45, 2.75) is 83.8 Å². The van der Waals surface area contributed by atoms with E-state index >= 15 is 0 Å². The molecule has 0 bridgehead atoms. The minimum absolute atomic E-state index is 0.0490. The number of hydrogen-bond acceptors (Lipinski definition) is 7. The molecule has 3 saturated carbocycles. The fraction of sp³-hybridized carbons (Fsp3) is 0.769. The van der Waals surface area contributed by atoms with Crippen LogP contribution in [0.5, 0.6) is 0 Å². The Bertz CT molecular complexity index is 961. The van der Waals surface area contributed by atoms with Crippen LogP contribution in [0.25, 0.3) is 0 Å². The first-order valence-corrected chi connectivity index (χ1v) is 12.7. The number of Topliss-reactive ketones (excluding diaryl/α,β-unsaturated/α-hetero) is 1. The van der Waals surface area contributed by atoms with Crippen molar-refractivity contribution in [1.29, 1.82) is 0 Å². The number of aliphatic hydroxyl groups is 2. The number of nitrogens with zero attached hydrogens (tertiary/aromatic N) is 1. The highest BCUT2D eigenvalue weighted by Crippen LogP contribution is 2.67. The number of fused-ring (bicyclic) bond motifs is 5. The summed E-state index contributed by atoms with van der Waals surface area (Å²) < 4.78 is 0. The maximum Gasteiger partial charge on any atom is 0.328 e. The molecule has 9 heteroatoms. The Labute approximate surface area is 206 Å². The number of ketones is 1. The number of aliphatic hydroxyl groups excluding tert-OH is 1. The van der Waals surface area contributed by atoms with Gasteiger partial charge in [0.05, 0.1) is 12.3 Å². The average molecular weight is 491 g/mol. The van der Waals surface area contributed by atoms with Crippen LogP contribution in [0.3, 0.4) is 0 Å². The van der Waals surface area contributed by atoms with Gasteiger partial charge in [-0.25, -0.2) is 4.79 Å². The third-order valence-corrected chi connectivity index (χ3v) is 9.90. The van der Waals surface area contributed by atoms with Crippen molar-refractivity contribution >= 4 is 23.4 Å². The molecule has 0 aromatic carbocycles. The second kappa shape index (κ2) is 9.32. The Morgan fingerprint density at radius 3 is 2.51 bits per heavy atom. The average Bonchev–Trinajstić information content (AvgIpc) is 3.09. The lowest BCUT2D eigenvalue weighted by Crippen LogP contribution is -2.57. The van der Waals surface area contributed by atoms with Crippen LogP contribution >= 0.6 is 0 Å². The zero-order chi connectivity index (χ0) is 25.6. The molecule has 4 N–H and O–H groups in total. The molecule has 0 radical (unpaired) electrons. The lowest BCUT2D eigenvalue weighted by molar-refractivity contribution is -0.159. The third kappa shape index (κ3) is 4.20. The van der Waals surface area contributed by atoms with Gasteiger partial charge < -0.3 is 25.5 Å². The molecule has 1 amide bonds. The summed E-state index contributed by atoms with van der Waals surface area (Å²) in [5.41, 5.74) is 0.632. The van der Waals surface area contributed by atoms with Crippen LogP contribution in [0, 0.1) is 28.6 Å². The summed E-state index contributed by atoms with van der Waals surface area (Å²) in [6.07, 6.45) is 9.07. The van der Waals surface area contributed by atoms with Crippen molar-refractivity contribution in [1.82, 2.24) is 5.32 Å². The second-order valence-electron chi connectivity index (χ2n) is 11.4. The first-order chi connectivity index (χ1) is 16.5. The summed E-state index contributed by atoms with van der Waals surface area (Å²) in [6, 6.07) is -1.37. The fourth-order valence-electron chi connectivity index (χ4n) is 7.83. The number of carbonyl (C=O) groups is 3. The summed E-state index contributed by atoms with van der Waals surface area (Å²) in [4.78, 5) is 40.4. The van der Waals surface area contributed by atoms with Gasteiger partial charge in [0.1, 0.15) is 11.6 Å². The van der Waals surface area contributed by atoms with E-state index in [-0.39, 0.29) is 16.6 Å². The molecule has 0 spiro atoms. The number of aliphatic carboxylic acids is 1. The van der Waals surface area contributed by atoms with Crippen LogP contribution in [0.15, 0.2) is 16.8 Å². The summed E-state index contributed by atoms with van der Waals surface area (Å²) in [6.45, 7) is 4.90. The van der Waals surface area contributed by atoms with Crippen molar-refractivity contribution in [3.05, 3.63) is 11.6 Å². The lowest BCUT2D eigenvalue weighted by atomic mass is 9.46. The van der Waals surface area contributed by atoms with Gasteiger partial charge in [0.15, 0.2) is 12.4 Å². The first-order valence-electron chi connectivity index (χ1n) is 12.7. The SMILES string of the molecule is CC(=O)[C@@]1(O)CC[C@H]2[C@@H]3CCC4=C/C(=N/OCC(=O)NC(CO)C(=O)O)CC[C@]4(C)[C@H]3CC[C@@]21C. The quantitative estimate of drug-likeness (QED) is 0.400. The topological polar surface area (TPSA) is 146 Å². The smallest absolute Gasteiger partial charge is 0.328 e. The largest absolute Gasteiger partial charge is 0.480 e. The normalized spacial score (nSPS) is 40.1. The second-order valence-corrected chi connectivity index (χ2v) is 11.4. The van der Waals surface area contributed by atoms with E-state index < -0.39 is 36.7 Å². The summed E-state index contributed by atoms with van der Waals surface area (Å²) >= 11 is 0. The van der Waals surface area contributed by atoms with E-state index in [0.717, 1.165) is 50.7 Å². The van der Waals surface area contributed by atoms with Crippen molar-refractivity contribution < 1.29 is 34.5 Å². The molecular weight excluding hydrogens is 452 g/mol.